The molecule has 2 N–H and O–H groups in total. The van der Waals surface area contributed by atoms with Crippen LogP contribution in [0, 0.1) is 12.8 Å². The van der Waals surface area contributed by atoms with Gasteiger partial charge in [-0.15, -0.1) is 0 Å². The van der Waals surface area contributed by atoms with Gasteiger partial charge in [-0.25, -0.2) is 0 Å². The normalized spacial score (nSPS) is 12.5. The number of hydrogen-bond donors (Lipinski definition) is 2. The monoisotopic (exact) mass is 242 g/mol. The van der Waals surface area contributed by atoms with Gasteiger partial charge in [0.15, 0.2) is 6.61 Å². The summed E-state index contributed by atoms with van der Waals surface area (Å²) < 4.78 is 9.91. The van der Waals surface area contributed by atoms with Crippen LogP contribution in [-0.2, 0) is 4.79 Å². The predicted octanol–water partition coefficient (Wildman–Crippen LogP) is 0.495. The maximum Gasteiger partial charge on any atom is 0.258 e. The van der Waals surface area contributed by atoms with Crippen LogP contribution in [-0.4, -0.2) is 35.4 Å². The zero-order chi connectivity index (χ0) is 12.8. The molecule has 0 aliphatic heterocycles. The topological polar surface area (TPSA) is 84.6 Å². The number of aryl methyl sites for hydroxylation is 1. The highest BCUT2D eigenvalue weighted by molar-refractivity contribution is 5.77. The summed E-state index contributed by atoms with van der Waals surface area (Å²) in [5.74, 6) is 0.773. The number of aliphatic hydroxyl groups excluding tert-OH is 1. The molecule has 1 atom stereocenters. The van der Waals surface area contributed by atoms with Gasteiger partial charge in [-0.2, -0.15) is 0 Å². The van der Waals surface area contributed by atoms with Crippen LogP contribution in [0.1, 0.15) is 19.6 Å². The summed E-state index contributed by atoms with van der Waals surface area (Å²) in [7, 11) is 0. The van der Waals surface area contributed by atoms with Crippen molar-refractivity contribution in [1.82, 2.24) is 10.5 Å². The third kappa shape index (κ3) is 4.44. The molecule has 1 aromatic rings. The van der Waals surface area contributed by atoms with E-state index in [1.54, 1.807) is 13.0 Å². The molecule has 1 heterocycles. The molecule has 0 fully saturated rings. The molecule has 0 aromatic carbocycles. The van der Waals surface area contributed by atoms with Crippen molar-refractivity contribution in [3.63, 3.8) is 0 Å². The van der Waals surface area contributed by atoms with Gasteiger partial charge < -0.3 is 19.7 Å². The lowest BCUT2D eigenvalue weighted by Crippen LogP contribution is -2.43. The first kappa shape index (κ1) is 13.5. The van der Waals surface area contributed by atoms with E-state index in [2.05, 4.69) is 10.5 Å². The number of aliphatic hydroxyl groups is 1. The third-order valence-corrected chi connectivity index (χ3v) is 2.31. The van der Waals surface area contributed by atoms with Crippen molar-refractivity contribution in [3.05, 3.63) is 11.8 Å². The lowest BCUT2D eigenvalue weighted by molar-refractivity contribution is -0.124. The average Bonchev–Trinajstić information content (AvgIpc) is 2.68. The minimum absolute atomic E-state index is 0.0908. The Labute approximate surface area is 99.9 Å². The van der Waals surface area contributed by atoms with Crippen molar-refractivity contribution >= 4 is 5.91 Å². The van der Waals surface area contributed by atoms with E-state index < -0.39 is 0 Å². The van der Waals surface area contributed by atoms with Crippen molar-refractivity contribution in [3.8, 4) is 5.88 Å². The number of nitrogens with zero attached hydrogens (tertiary/aromatic N) is 1. The van der Waals surface area contributed by atoms with E-state index in [1.165, 1.54) is 0 Å². The molecule has 1 rings (SSSR count). The van der Waals surface area contributed by atoms with E-state index in [-0.39, 0.29) is 37.0 Å². The number of ether oxygens (including phenoxy) is 1. The molecule has 0 radical (unpaired) electrons. The van der Waals surface area contributed by atoms with Crippen LogP contribution in [0.2, 0.25) is 0 Å². The van der Waals surface area contributed by atoms with Crippen molar-refractivity contribution in [2.24, 2.45) is 5.92 Å². The third-order valence-electron chi connectivity index (χ3n) is 2.31. The second-order valence-corrected chi connectivity index (χ2v) is 4.17. The minimum atomic E-state index is -0.293. The van der Waals surface area contributed by atoms with Gasteiger partial charge in [0.1, 0.15) is 5.76 Å². The van der Waals surface area contributed by atoms with Crippen LogP contribution >= 0.6 is 0 Å². The second kappa shape index (κ2) is 6.24. The highest BCUT2D eigenvalue weighted by Gasteiger charge is 2.15. The number of nitrogens with one attached hydrogen (secondary N) is 1. The molecule has 0 unspecified atom stereocenters. The summed E-state index contributed by atoms with van der Waals surface area (Å²) in [6, 6.07) is 1.34. The lowest BCUT2D eigenvalue weighted by atomic mass is 10.1. The fraction of sp³-hybridized carbons (Fsp3) is 0.636. The fourth-order valence-electron chi connectivity index (χ4n) is 1.22. The Bertz CT molecular complexity index is 362. The van der Waals surface area contributed by atoms with Crippen LogP contribution < -0.4 is 10.1 Å². The predicted molar refractivity (Wildman–Crippen MR) is 60.6 cm³/mol. The summed E-state index contributed by atoms with van der Waals surface area (Å²) in [6.07, 6.45) is 0. The maximum atomic E-state index is 11.5. The van der Waals surface area contributed by atoms with Crippen LogP contribution in [0.4, 0.5) is 0 Å². The number of carbonyl (C=O) groups excluding carboxylic acids is 1. The zero-order valence-corrected chi connectivity index (χ0v) is 10.3. The Hall–Kier alpha value is -1.56. The summed E-state index contributed by atoms with van der Waals surface area (Å²) >= 11 is 0. The average molecular weight is 242 g/mol. The number of aromatic nitrogens is 1. The first-order chi connectivity index (χ1) is 8.02. The van der Waals surface area contributed by atoms with Gasteiger partial charge in [0.25, 0.3) is 11.8 Å². The highest BCUT2D eigenvalue weighted by atomic mass is 16.5. The molecular weight excluding hydrogens is 224 g/mol. The van der Waals surface area contributed by atoms with E-state index in [9.17, 15) is 4.79 Å². The molecule has 1 aromatic heterocycles. The molecule has 0 saturated carbocycles. The molecule has 6 heteroatoms. The van der Waals surface area contributed by atoms with Crippen molar-refractivity contribution in [2.75, 3.05) is 13.2 Å². The maximum absolute atomic E-state index is 11.5. The van der Waals surface area contributed by atoms with Crippen LogP contribution in [0.15, 0.2) is 10.6 Å². The van der Waals surface area contributed by atoms with E-state index >= 15 is 0 Å². The molecule has 1 amide bonds. The molecule has 6 nitrogen and oxygen atoms in total. The van der Waals surface area contributed by atoms with Crippen molar-refractivity contribution in [1.29, 1.82) is 0 Å². The standard InChI is InChI=1S/C11H18N2O4/c1-7(2)9(5-14)12-10(15)6-16-11-4-8(3)17-13-11/h4,7,9,14H,5-6H2,1-3H3,(H,12,15)/t9-/m1/s1. The Balaban J connectivity index is 2.34. The van der Waals surface area contributed by atoms with Gasteiger partial charge in [-0.05, 0) is 18.0 Å². The van der Waals surface area contributed by atoms with E-state index in [0.29, 0.717) is 5.76 Å². The van der Waals surface area contributed by atoms with Gasteiger partial charge >= 0.3 is 0 Å². The molecule has 0 saturated heterocycles. The summed E-state index contributed by atoms with van der Waals surface area (Å²) in [6.45, 7) is 5.34. The first-order valence-corrected chi connectivity index (χ1v) is 5.49. The second-order valence-electron chi connectivity index (χ2n) is 4.17. The SMILES string of the molecule is Cc1cc(OCC(=O)N[C@H](CO)C(C)C)no1. The molecule has 17 heavy (non-hydrogen) atoms. The summed E-state index contributed by atoms with van der Waals surface area (Å²) in [5, 5.41) is 15.3. The minimum Gasteiger partial charge on any atom is -0.465 e. The molecule has 0 aliphatic carbocycles. The largest absolute Gasteiger partial charge is 0.465 e. The van der Waals surface area contributed by atoms with Gasteiger partial charge in [-0.3, -0.25) is 4.79 Å². The summed E-state index contributed by atoms with van der Waals surface area (Å²) in [4.78, 5) is 11.5. The van der Waals surface area contributed by atoms with Crippen LogP contribution in [0.3, 0.4) is 0 Å². The quantitative estimate of drug-likeness (QED) is 0.758. The van der Waals surface area contributed by atoms with Crippen LogP contribution in [0.25, 0.3) is 0 Å². The number of rotatable bonds is 6. The van der Waals surface area contributed by atoms with Crippen LogP contribution in [0.5, 0.6) is 5.88 Å². The number of carbonyl (C=O) groups is 1. The first-order valence-electron chi connectivity index (χ1n) is 5.49. The lowest BCUT2D eigenvalue weighted by Gasteiger charge is -2.19. The number of hydrogen-bond acceptors (Lipinski definition) is 5. The molecule has 0 aliphatic rings. The Morgan fingerprint density at radius 3 is 2.82 bits per heavy atom. The Morgan fingerprint density at radius 2 is 2.35 bits per heavy atom. The molecule has 0 spiro atoms. The zero-order valence-electron chi connectivity index (χ0n) is 10.3. The Morgan fingerprint density at radius 1 is 1.65 bits per heavy atom. The Kier molecular flexibility index (Phi) is 4.96. The van der Waals surface area contributed by atoms with Gasteiger partial charge in [0.05, 0.1) is 12.6 Å². The highest BCUT2D eigenvalue weighted by Crippen LogP contribution is 2.09. The van der Waals surface area contributed by atoms with Gasteiger partial charge in [-0.1, -0.05) is 13.8 Å². The van der Waals surface area contributed by atoms with E-state index in [1.807, 2.05) is 13.8 Å². The smallest absolute Gasteiger partial charge is 0.258 e. The molecular formula is C11H18N2O4. The van der Waals surface area contributed by atoms with Crippen molar-refractivity contribution < 1.29 is 19.2 Å². The van der Waals surface area contributed by atoms with Gasteiger partial charge in [0.2, 0.25) is 0 Å². The molecule has 96 valence electrons. The number of amides is 1. The van der Waals surface area contributed by atoms with Crippen molar-refractivity contribution in [2.45, 2.75) is 26.8 Å². The van der Waals surface area contributed by atoms with E-state index in [4.69, 9.17) is 14.4 Å². The van der Waals surface area contributed by atoms with E-state index in [0.717, 1.165) is 0 Å². The molecule has 0 bridgehead atoms. The fourth-order valence-corrected chi connectivity index (χ4v) is 1.22. The summed E-state index contributed by atoms with van der Waals surface area (Å²) in [5.41, 5.74) is 0. The van der Waals surface area contributed by atoms with Gasteiger partial charge in [0, 0.05) is 6.07 Å².